The van der Waals surface area contributed by atoms with E-state index in [9.17, 15) is 13.2 Å². The second-order valence-corrected chi connectivity index (χ2v) is 4.71. The Morgan fingerprint density at radius 3 is 2.19 bits per heavy atom. The average Bonchev–Trinajstić information content (AvgIpc) is 2.43. The summed E-state index contributed by atoms with van der Waals surface area (Å²) in [5, 5.41) is 3.13. The van der Waals surface area contributed by atoms with Gasteiger partial charge in [-0.1, -0.05) is 12.1 Å². The van der Waals surface area contributed by atoms with Crippen LogP contribution < -0.4 is 5.32 Å². The van der Waals surface area contributed by atoms with Gasteiger partial charge in [-0.2, -0.15) is 13.2 Å². The molecule has 0 bridgehead atoms. The Kier molecular flexibility index (Phi) is 4.16. The number of hydrogen-bond donors (Lipinski definition) is 1. The first-order valence-electron chi connectivity index (χ1n) is 6.59. The van der Waals surface area contributed by atoms with Crippen LogP contribution in [-0.2, 0) is 6.18 Å². The summed E-state index contributed by atoms with van der Waals surface area (Å²) in [5.41, 5.74) is 1.62. The van der Waals surface area contributed by atoms with Gasteiger partial charge in [0, 0.05) is 23.4 Å². The number of aromatic nitrogens is 2. The zero-order valence-corrected chi connectivity index (χ0v) is 12.0. The SMILES string of the molecule is CCNc1nc(-c2ccc(C(F)(F)F)cc2)nc(C)c1C. The third-order valence-corrected chi connectivity index (χ3v) is 3.20. The van der Waals surface area contributed by atoms with Crippen molar-refractivity contribution < 1.29 is 13.2 Å². The molecule has 0 saturated heterocycles. The molecule has 0 saturated carbocycles. The van der Waals surface area contributed by atoms with Crippen molar-refractivity contribution in [1.82, 2.24) is 9.97 Å². The van der Waals surface area contributed by atoms with Crippen LogP contribution in [0.25, 0.3) is 11.4 Å². The first kappa shape index (κ1) is 15.3. The summed E-state index contributed by atoms with van der Waals surface area (Å²) >= 11 is 0. The summed E-state index contributed by atoms with van der Waals surface area (Å²) in [7, 11) is 0. The van der Waals surface area contributed by atoms with E-state index in [4.69, 9.17) is 0 Å². The Labute approximate surface area is 121 Å². The van der Waals surface area contributed by atoms with E-state index in [1.807, 2.05) is 20.8 Å². The van der Waals surface area contributed by atoms with Crippen LogP contribution >= 0.6 is 0 Å². The Balaban J connectivity index is 2.42. The third kappa shape index (κ3) is 3.32. The molecule has 0 amide bonds. The molecule has 0 aliphatic heterocycles. The van der Waals surface area contributed by atoms with Gasteiger partial charge in [0.05, 0.1) is 5.56 Å². The molecule has 0 radical (unpaired) electrons. The fraction of sp³-hybridized carbons (Fsp3) is 0.333. The summed E-state index contributed by atoms with van der Waals surface area (Å²) in [6.45, 7) is 6.42. The summed E-state index contributed by atoms with van der Waals surface area (Å²) in [5.74, 6) is 1.13. The molecule has 2 aromatic rings. The number of rotatable bonds is 3. The lowest BCUT2D eigenvalue weighted by Gasteiger charge is -2.12. The quantitative estimate of drug-likeness (QED) is 0.921. The highest BCUT2D eigenvalue weighted by Gasteiger charge is 2.30. The predicted molar refractivity (Wildman–Crippen MR) is 76.1 cm³/mol. The number of nitrogens with one attached hydrogen (secondary N) is 1. The van der Waals surface area contributed by atoms with Crippen molar-refractivity contribution in [2.45, 2.75) is 26.9 Å². The van der Waals surface area contributed by atoms with E-state index in [2.05, 4.69) is 15.3 Å². The number of nitrogens with zero attached hydrogens (tertiary/aromatic N) is 2. The van der Waals surface area contributed by atoms with Crippen molar-refractivity contribution >= 4 is 5.82 Å². The maximum absolute atomic E-state index is 12.6. The Morgan fingerprint density at radius 2 is 1.67 bits per heavy atom. The van der Waals surface area contributed by atoms with E-state index < -0.39 is 11.7 Å². The van der Waals surface area contributed by atoms with Crippen LogP contribution in [0.3, 0.4) is 0 Å². The number of hydrogen-bond acceptors (Lipinski definition) is 3. The van der Waals surface area contributed by atoms with E-state index in [-0.39, 0.29) is 0 Å². The van der Waals surface area contributed by atoms with Gasteiger partial charge in [-0.15, -0.1) is 0 Å². The number of halogens is 3. The molecule has 2 rings (SSSR count). The molecule has 0 fully saturated rings. The molecular formula is C15H16F3N3. The topological polar surface area (TPSA) is 37.8 Å². The van der Waals surface area contributed by atoms with Crippen molar-refractivity contribution in [2.24, 2.45) is 0 Å². The minimum Gasteiger partial charge on any atom is -0.370 e. The molecule has 1 N–H and O–H groups in total. The van der Waals surface area contributed by atoms with Crippen LogP contribution in [0.5, 0.6) is 0 Å². The Bertz CT molecular complexity index is 634. The molecule has 1 aromatic heterocycles. The minimum atomic E-state index is -4.34. The molecule has 21 heavy (non-hydrogen) atoms. The van der Waals surface area contributed by atoms with Gasteiger partial charge in [0.1, 0.15) is 5.82 Å². The summed E-state index contributed by atoms with van der Waals surface area (Å²) in [6.07, 6.45) is -4.34. The molecule has 0 atom stereocenters. The highest BCUT2D eigenvalue weighted by atomic mass is 19.4. The molecule has 3 nitrogen and oxygen atoms in total. The third-order valence-electron chi connectivity index (χ3n) is 3.20. The zero-order chi connectivity index (χ0) is 15.6. The standard InChI is InChI=1S/C15H16F3N3/c1-4-19-13-9(2)10(3)20-14(21-13)11-5-7-12(8-6-11)15(16,17)18/h5-8H,4H2,1-3H3,(H,19,20,21). The van der Waals surface area contributed by atoms with Crippen molar-refractivity contribution in [1.29, 1.82) is 0 Å². The Morgan fingerprint density at radius 1 is 1.05 bits per heavy atom. The lowest BCUT2D eigenvalue weighted by atomic mass is 10.1. The van der Waals surface area contributed by atoms with Crippen LogP contribution in [0.2, 0.25) is 0 Å². The molecule has 0 spiro atoms. The number of anilines is 1. The first-order valence-corrected chi connectivity index (χ1v) is 6.59. The Hall–Kier alpha value is -2.11. The highest BCUT2D eigenvalue weighted by molar-refractivity contribution is 5.60. The molecule has 0 aliphatic rings. The van der Waals surface area contributed by atoms with Crippen LogP contribution in [-0.4, -0.2) is 16.5 Å². The van der Waals surface area contributed by atoms with Crippen LogP contribution in [0.1, 0.15) is 23.7 Å². The van der Waals surface area contributed by atoms with Gasteiger partial charge in [0.25, 0.3) is 0 Å². The smallest absolute Gasteiger partial charge is 0.370 e. The van der Waals surface area contributed by atoms with Gasteiger partial charge >= 0.3 is 6.18 Å². The van der Waals surface area contributed by atoms with Crippen LogP contribution in [0.15, 0.2) is 24.3 Å². The molecule has 6 heteroatoms. The number of benzene rings is 1. The van der Waals surface area contributed by atoms with Gasteiger partial charge in [-0.3, -0.25) is 0 Å². The molecule has 0 aliphatic carbocycles. The minimum absolute atomic E-state index is 0.419. The fourth-order valence-corrected chi connectivity index (χ4v) is 1.91. The molecule has 0 unspecified atom stereocenters. The van der Waals surface area contributed by atoms with E-state index in [0.717, 1.165) is 23.4 Å². The van der Waals surface area contributed by atoms with Gasteiger partial charge in [0.2, 0.25) is 0 Å². The number of aryl methyl sites for hydroxylation is 1. The maximum atomic E-state index is 12.6. The second-order valence-electron chi connectivity index (χ2n) is 4.71. The van der Waals surface area contributed by atoms with Crippen molar-refractivity contribution in [3.05, 3.63) is 41.1 Å². The van der Waals surface area contributed by atoms with Crippen molar-refractivity contribution in [3.63, 3.8) is 0 Å². The van der Waals surface area contributed by atoms with Gasteiger partial charge in [-0.25, -0.2) is 9.97 Å². The largest absolute Gasteiger partial charge is 0.416 e. The van der Waals surface area contributed by atoms with Crippen LogP contribution in [0, 0.1) is 13.8 Å². The predicted octanol–water partition coefficient (Wildman–Crippen LogP) is 4.21. The highest BCUT2D eigenvalue weighted by Crippen LogP contribution is 2.30. The molecule has 1 heterocycles. The van der Waals surface area contributed by atoms with Crippen molar-refractivity contribution in [3.8, 4) is 11.4 Å². The normalized spacial score (nSPS) is 11.5. The summed E-state index contributed by atoms with van der Waals surface area (Å²) in [4.78, 5) is 8.73. The van der Waals surface area contributed by atoms with Gasteiger partial charge in [0.15, 0.2) is 5.82 Å². The molecule has 112 valence electrons. The maximum Gasteiger partial charge on any atom is 0.416 e. The van der Waals surface area contributed by atoms with Crippen LogP contribution in [0.4, 0.5) is 19.0 Å². The lowest BCUT2D eigenvalue weighted by Crippen LogP contribution is -2.07. The fourth-order valence-electron chi connectivity index (χ4n) is 1.91. The van der Waals surface area contributed by atoms with E-state index in [1.165, 1.54) is 12.1 Å². The summed E-state index contributed by atoms with van der Waals surface area (Å²) in [6, 6.07) is 4.87. The van der Waals surface area contributed by atoms with E-state index >= 15 is 0 Å². The van der Waals surface area contributed by atoms with Gasteiger partial charge < -0.3 is 5.32 Å². The average molecular weight is 295 g/mol. The first-order chi connectivity index (χ1) is 9.82. The second kappa shape index (κ2) is 5.71. The lowest BCUT2D eigenvalue weighted by molar-refractivity contribution is -0.137. The number of alkyl halides is 3. The molecular weight excluding hydrogens is 279 g/mol. The molecule has 1 aromatic carbocycles. The summed E-state index contributed by atoms with van der Waals surface area (Å²) < 4.78 is 37.7. The monoisotopic (exact) mass is 295 g/mol. The van der Waals surface area contributed by atoms with E-state index in [1.54, 1.807) is 0 Å². The van der Waals surface area contributed by atoms with E-state index in [0.29, 0.717) is 23.8 Å². The zero-order valence-electron chi connectivity index (χ0n) is 12.0. The van der Waals surface area contributed by atoms with Crippen molar-refractivity contribution in [2.75, 3.05) is 11.9 Å². The van der Waals surface area contributed by atoms with Gasteiger partial charge in [-0.05, 0) is 32.9 Å².